The Morgan fingerprint density at radius 1 is 0.923 bits per heavy atom. The second-order valence-electron chi connectivity index (χ2n) is 3.62. The number of rotatable bonds is 2. The van der Waals surface area contributed by atoms with E-state index in [9.17, 15) is 9.59 Å². The highest BCUT2D eigenvalue weighted by molar-refractivity contribution is 9.10. The average Bonchev–Trinajstić information content (AvgIpc) is 1.82. The molecular formula is C8H12Br2O3. The van der Waals surface area contributed by atoms with E-state index in [2.05, 4.69) is 36.6 Å². The Balaban J connectivity index is 4.34. The minimum absolute atomic E-state index is 0.593. The van der Waals surface area contributed by atoms with E-state index in [0.717, 1.165) is 0 Å². The monoisotopic (exact) mass is 314 g/mol. The molecule has 0 aromatic carbocycles. The summed E-state index contributed by atoms with van der Waals surface area (Å²) in [6, 6.07) is 0. The molecule has 0 aromatic rings. The average molecular weight is 316 g/mol. The van der Waals surface area contributed by atoms with Crippen LogP contribution in [0.1, 0.15) is 27.7 Å². The van der Waals surface area contributed by atoms with Crippen molar-refractivity contribution in [1.29, 1.82) is 0 Å². The van der Waals surface area contributed by atoms with Gasteiger partial charge in [0, 0.05) is 0 Å². The number of carbonyl (C=O) groups is 2. The molecule has 0 fully saturated rings. The van der Waals surface area contributed by atoms with Crippen molar-refractivity contribution in [2.45, 2.75) is 36.3 Å². The van der Waals surface area contributed by atoms with Gasteiger partial charge < -0.3 is 4.74 Å². The van der Waals surface area contributed by atoms with Gasteiger partial charge in [-0.3, -0.25) is 9.59 Å². The zero-order chi connectivity index (χ0) is 10.9. The zero-order valence-electron chi connectivity index (χ0n) is 7.98. The molecule has 5 heteroatoms. The molecule has 0 unspecified atom stereocenters. The van der Waals surface area contributed by atoms with Crippen LogP contribution in [0.15, 0.2) is 0 Å². The van der Waals surface area contributed by atoms with E-state index in [1.54, 1.807) is 27.7 Å². The smallest absolute Gasteiger partial charge is 0.329 e. The SMILES string of the molecule is CC(C)(Br)C(=O)OC(=O)C(C)(C)Br. The second kappa shape index (κ2) is 4.09. The van der Waals surface area contributed by atoms with E-state index >= 15 is 0 Å². The van der Waals surface area contributed by atoms with Crippen LogP contribution in [-0.2, 0) is 14.3 Å². The standard InChI is InChI=1S/C8H12Br2O3/c1-7(2,9)5(11)13-6(12)8(3,4)10/h1-4H3. The van der Waals surface area contributed by atoms with Crippen LogP contribution in [0.2, 0.25) is 0 Å². The van der Waals surface area contributed by atoms with Gasteiger partial charge in [0.25, 0.3) is 0 Å². The van der Waals surface area contributed by atoms with Gasteiger partial charge in [-0.15, -0.1) is 0 Å². The third-order valence-corrected chi connectivity index (χ3v) is 1.80. The summed E-state index contributed by atoms with van der Waals surface area (Å²) in [6.45, 7) is 6.46. The lowest BCUT2D eigenvalue weighted by Gasteiger charge is -2.18. The predicted molar refractivity (Wildman–Crippen MR) is 57.1 cm³/mol. The zero-order valence-corrected chi connectivity index (χ0v) is 11.2. The number of ether oxygens (including phenoxy) is 1. The molecule has 13 heavy (non-hydrogen) atoms. The van der Waals surface area contributed by atoms with Gasteiger partial charge in [0.05, 0.1) is 0 Å². The van der Waals surface area contributed by atoms with Gasteiger partial charge in [-0.25, -0.2) is 0 Å². The highest BCUT2D eigenvalue weighted by atomic mass is 79.9. The first kappa shape index (κ1) is 13.1. The normalized spacial score (nSPS) is 12.5. The van der Waals surface area contributed by atoms with Gasteiger partial charge in [0.1, 0.15) is 8.65 Å². The van der Waals surface area contributed by atoms with Gasteiger partial charge in [0.15, 0.2) is 0 Å². The molecular weight excluding hydrogens is 304 g/mol. The molecule has 0 aliphatic rings. The van der Waals surface area contributed by atoms with Crippen molar-refractivity contribution in [3.63, 3.8) is 0 Å². The minimum atomic E-state index is -0.832. The number of hydrogen-bond acceptors (Lipinski definition) is 3. The van der Waals surface area contributed by atoms with Crippen molar-refractivity contribution in [3.05, 3.63) is 0 Å². The maximum absolute atomic E-state index is 11.2. The molecule has 0 aromatic heterocycles. The molecule has 0 heterocycles. The minimum Gasteiger partial charge on any atom is -0.391 e. The lowest BCUT2D eigenvalue weighted by atomic mass is 10.2. The molecule has 0 aliphatic carbocycles. The number of alkyl halides is 2. The third-order valence-electron chi connectivity index (χ3n) is 1.16. The van der Waals surface area contributed by atoms with Crippen molar-refractivity contribution in [1.82, 2.24) is 0 Å². The molecule has 0 aliphatic heterocycles. The first-order chi connectivity index (χ1) is 5.55. The van der Waals surface area contributed by atoms with Crippen LogP contribution >= 0.6 is 31.9 Å². The number of halogens is 2. The molecule has 0 radical (unpaired) electrons. The van der Waals surface area contributed by atoms with Crippen LogP contribution in [-0.4, -0.2) is 20.6 Å². The van der Waals surface area contributed by atoms with Crippen molar-refractivity contribution in [3.8, 4) is 0 Å². The highest BCUT2D eigenvalue weighted by Gasteiger charge is 2.33. The fourth-order valence-electron chi connectivity index (χ4n) is 0.327. The largest absolute Gasteiger partial charge is 0.391 e. The molecule has 0 saturated carbocycles. The molecule has 0 rings (SSSR count). The van der Waals surface area contributed by atoms with E-state index < -0.39 is 20.6 Å². The lowest BCUT2D eigenvalue weighted by Crippen LogP contribution is -2.35. The van der Waals surface area contributed by atoms with Gasteiger partial charge in [-0.1, -0.05) is 31.9 Å². The Hall–Kier alpha value is 0.1000. The van der Waals surface area contributed by atoms with Crippen molar-refractivity contribution < 1.29 is 14.3 Å². The Labute approximate surface area is 94.5 Å². The third kappa shape index (κ3) is 4.76. The van der Waals surface area contributed by atoms with E-state index in [1.807, 2.05) is 0 Å². The van der Waals surface area contributed by atoms with Gasteiger partial charge in [0.2, 0.25) is 0 Å². The quantitative estimate of drug-likeness (QED) is 0.446. The van der Waals surface area contributed by atoms with Crippen LogP contribution in [0.25, 0.3) is 0 Å². The van der Waals surface area contributed by atoms with Gasteiger partial charge in [-0.05, 0) is 27.7 Å². The van der Waals surface area contributed by atoms with Crippen molar-refractivity contribution >= 4 is 43.8 Å². The fraction of sp³-hybridized carbons (Fsp3) is 0.750. The fourth-order valence-corrected chi connectivity index (χ4v) is 0.489. The van der Waals surface area contributed by atoms with E-state index in [4.69, 9.17) is 0 Å². The number of hydrogen-bond donors (Lipinski definition) is 0. The molecule has 76 valence electrons. The molecule has 0 saturated heterocycles. The molecule has 3 nitrogen and oxygen atoms in total. The Bertz CT molecular complexity index is 199. The summed E-state index contributed by atoms with van der Waals surface area (Å²) in [5.74, 6) is -1.19. The van der Waals surface area contributed by atoms with Gasteiger partial charge >= 0.3 is 11.9 Å². The second-order valence-corrected chi connectivity index (χ2v) is 7.59. The van der Waals surface area contributed by atoms with E-state index in [1.165, 1.54) is 0 Å². The van der Waals surface area contributed by atoms with Crippen LogP contribution in [0.3, 0.4) is 0 Å². The van der Waals surface area contributed by atoms with Crippen molar-refractivity contribution in [2.24, 2.45) is 0 Å². The summed E-state index contributed by atoms with van der Waals surface area (Å²) in [6.07, 6.45) is 0. The highest BCUT2D eigenvalue weighted by Crippen LogP contribution is 2.22. The molecule has 0 spiro atoms. The van der Waals surface area contributed by atoms with Crippen LogP contribution in [0.5, 0.6) is 0 Å². The Morgan fingerprint density at radius 3 is 1.31 bits per heavy atom. The maximum Gasteiger partial charge on any atom is 0.329 e. The van der Waals surface area contributed by atoms with E-state index in [0.29, 0.717) is 0 Å². The first-order valence-electron chi connectivity index (χ1n) is 3.69. The van der Waals surface area contributed by atoms with Crippen LogP contribution in [0, 0.1) is 0 Å². The lowest BCUT2D eigenvalue weighted by molar-refractivity contribution is -0.161. The molecule has 0 atom stereocenters. The predicted octanol–water partition coefficient (Wildman–Crippen LogP) is 2.40. The summed E-state index contributed by atoms with van der Waals surface area (Å²) in [4.78, 5) is 22.4. The number of carbonyl (C=O) groups excluding carboxylic acids is 2. The Kier molecular flexibility index (Phi) is 4.12. The molecule has 0 N–H and O–H groups in total. The van der Waals surface area contributed by atoms with E-state index in [-0.39, 0.29) is 0 Å². The van der Waals surface area contributed by atoms with Crippen LogP contribution < -0.4 is 0 Å². The van der Waals surface area contributed by atoms with Crippen molar-refractivity contribution in [2.75, 3.05) is 0 Å². The maximum atomic E-state index is 11.2. The van der Waals surface area contributed by atoms with Gasteiger partial charge in [-0.2, -0.15) is 0 Å². The summed E-state index contributed by atoms with van der Waals surface area (Å²) < 4.78 is 2.94. The summed E-state index contributed by atoms with van der Waals surface area (Å²) >= 11 is 6.19. The summed E-state index contributed by atoms with van der Waals surface area (Å²) in [5.41, 5.74) is 0. The summed E-state index contributed by atoms with van der Waals surface area (Å²) in [5, 5.41) is 0. The Morgan fingerprint density at radius 2 is 1.15 bits per heavy atom. The molecule has 0 amide bonds. The summed E-state index contributed by atoms with van der Waals surface area (Å²) in [7, 11) is 0. The first-order valence-corrected chi connectivity index (χ1v) is 5.28. The molecule has 0 bridgehead atoms. The number of esters is 2. The topological polar surface area (TPSA) is 43.4 Å². The van der Waals surface area contributed by atoms with Crippen LogP contribution in [0.4, 0.5) is 0 Å².